The predicted molar refractivity (Wildman–Crippen MR) is 121 cm³/mol. The fourth-order valence-electron chi connectivity index (χ4n) is 3.52. The van der Waals surface area contributed by atoms with E-state index in [0.717, 1.165) is 11.1 Å². The molecule has 180 valence electrons. The van der Waals surface area contributed by atoms with E-state index in [2.05, 4.69) is 0 Å². The third-order valence-corrected chi connectivity index (χ3v) is 5.62. The van der Waals surface area contributed by atoms with Gasteiger partial charge >= 0.3 is 11.9 Å². The first-order valence-corrected chi connectivity index (χ1v) is 11.1. The van der Waals surface area contributed by atoms with Crippen molar-refractivity contribution < 1.29 is 33.0 Å². The Hall–Kier alpha value is -2.80. The molecule has 2 aromatic carbocycles. The number of ether oxygens (including phenoxy) is 2. The van der Waals surface area contributed by atoms with Gasteiger partial charge in [0, 0.05) is 25.9 Å². The molecule has 1 unspecified atom stereocenters. The minimum Gasteiger partial charge on any atom is -0.466 e. The lowest BCUT2D eigenvalue weighted by atomic mass is 9.77. The molecule has 7 heteroatoms. The standard InChI is InChI=1S/C26H32F2O5/c1-3-32-23(30)13-12-20-10-7-11-22(18-20)25(2,14-15-26(27,28)16-17-29)24(31)33-19-21-8-5-4-6-9-21/h4-11,18,29H,3,12-17,19H2,1-2H3. The number of benzene rings is 2. The van der Waals surface area contributed by atoms with Crippen molar-refractivity contribution in [3.63, 3.8) is 0 Å². The predicted octanol–water partition coefficient (Wildman–Crippen LogP) is 4.98. The van der Waals surface area contributed by atoms with Crippen LogP contribution in [0.4, 0.5) is 8.78 Å². The molecule has 0 aliphatic heterocycles. The van der Waals surface area contributed by atoms with Crippen molar-refractivity contribution >= 4 is 11.9 Å². The Balaban J connectivity index is 2.24. The Morgan fingerprint density at radius 2 is 1.64 bits per heavy atom. The van der Waals surface area contributed by atoms with Crippen molar-refractivity contribution in [1.82, 2.24) is 0 Å². The molecule has 0 aliphatic carbocycles. The highest BCUT2D eigenvalue weighted by molar-refractivity contribution is 5.83. The number of alkyl halides is 2. The fraction of sp³-hybridized carbons (Fsp3) is 0.462. The summed E-state index contributed by atoms with van der Waals surface area (Å²) in [5.74, 6) is -4.03. The zero-order chi connectivity index (χ0) is 24.3. The van der Waals surface area contributed by atoms with Crippen LogP contribution >= 0.6 is 0 Å². The van der Waals surface area contributed by atoms with Gasteiger partial charge in [-0.15, -0.1) is 0 Å². The fourth-order valence-corrected chi connectivity index (χ4v) is 3.52. The van der Waals surface area contributed by atoms with Crippen molar-refractivity contribution in [2.75, 3.05) is 13.2 Å². The van der Waals surface area contributed by atoms with Gasteiger partial charge in [-0.3, -0.25) is 9.59 Å². The third-order valence-electron chi connectivity index (χ3n) is 5.62. The minimum atomic E-state index is -3.10. The first-order chi connectivity index (χ1) is 15.7. The molecular formula is C26H32F2O5. The lowest BCUT2D eigenvalue weighted by Crippen LogP contribution is -2.36. The van der Waals surface area contributed by atoms with Gasteiger partial charge in [0.1, 0.15) is 6.61 Å². The largest absolute Gasteiger partial charge is 0.466 e. The van der Waals surface area contributed by atoms with E-state index >= 15 is 0 Å². The smallest absolute Gasteiger partial charge is 0.316 e. The van der Waals surface area contributed by atoms with Crippen LogP contribution in [0.3, 0.4) is 0 Å². The molecule has 1 N–H and O–H groups in total. The topological polar surface area (TPSA) is 72.8 Å². The molecule has 5 nitrogen and oxygen atoms in total. The van der Waals surface area contributed by atoms with Gasteiger partial charge in [0.15, 0.2) is 0 Å². The van der Waals surface area contributed by atoms with Crippen LogP contribution in [0, 0.1) is 0 Å². The normalized spacial score (nSPS) is 13.2. The molecule has 0 aromatic heterocycles. The van der Waals surface area contributed by atoms with E-state index in [1.165, 1.54) is 0 Å². The van der Waals surface area contributed by atoms with Crippen LogP contribution in [0.25, 0.3) is 0 Å². The quantitative estimate of drug-likeness (QED) is 0.425. The first kappa shape index (κ1) is 26.5. The zero-order valence-electron chi connectivity index (χ0n) is 19.2. The van der Waals surface area contributed by atoms with E-state index < -0.39 is 36.8 Å². The number of aliphatic hydroxyl groups is 1. The monoisotopic (exact) mass is 462 g/mol. The molecule has 0 radical (unpaired) electrons. The van der Waals surface area contributed by atoms with Crippen LogP contribution in [0.5, 0.6) is 0 Å². The van der Waals surface area contributed by atoms with Crippen molar-refractivity contribution in [3.8, 4) is 0 Å². The molecule has 1 atom stereocenters. The molecule has 2 aromatic rings. The van der Waals surface area contributed by atoms with Gasteiger partial charge in [-0.2, -0.15) is 0 Å². The van der Waals surface area contributed by atoms with Gasteiger partial charge in [0.2, 0.25) is 5.92 Å². The van der Waals surface area contributed by atoms with Gasteiger partial charge in [-0.25, -0.2) is 8.78 Å². The van der Waals surface area contributed by atoms with Crippen molar-refractivity contribution in [1.29, 1.82) is 0 Å². The van der Waals surface area contributed by atoms with Crippen LogP contribution < -0.4 is 0 Å². The average Bonchev–Trinajstić information content (AvgIpc) is 2.81. The SMILES string of the molecule is CCOC(=O)CCc1cccc(C(C)(CCC(F)(F)CCO)C(=O)OCc2ccccc2)c1. The van der Waals surface area contributed by atoms with Crippen molar-refractivity contribution in [2.45, 2.75) is 63.9 Å². The van der Waals surface area contributed by atoms with E-state index in [1.807, 2.05) is 36.4 Å². The molecular weight excluding hydrogens is 430 g/mol. The van der Waals surface area contributed by atoms with Gasteiger partial charge in [0.25, 0.3) is 0 Å². The summed E-state index contributed by atoms with van der Waals surface area (Å²) in [6.45, 7) is 3.03. The number of esters is 2. The maximum absolute atomic E-state index is 14.2. The van der Waals surface area contributed by atoms with E-state index in [9.17, 15) is 18.4 Å². The van der Waals surface area contributed by atoms with Crippen LogP contribution in [0.2, 0.25) is 0 Å². The second kappa shape index (κ2) is 12.4. The number of halogens is 2. The van der Waals surface area contributed by atoms with Crippen LogP contribution in [-0.2, 0) is 37.5 Å². The van der Waals surface area contributed by atoms with E-state index in [-0.39, 0.29) is 25.4 Å². The maximum atomic E-state index is 14.2. The molecule has 0 amide bonds. The summed E-state index contributed by atoms with van der Waals surface area (Å²) in [4.78, 5) is 24.9. The lowest BCUT2D eigenvalue weighted by Gasteiger charge is -2.30. The Kier molecular flexibility index (Phi) is 9.97. The second-order valence-electron chi connectivity index (χ2n) is 8.23. The molecule has 2 rings (SSSR count). The van der Waals surface area contributed by atoms with Crippen LogP contribution in [-0.4, -0.2) is 36.2 Å². The second-order valence-corrected chi connectivity index (χ2v) is 8.23. The van der Waals surface area contributed by atoms with Gasteiger partial charge in [-0.1, -0.05) is 54.6 Å². The highest BCUT2D eigenvalue weighted by Crippen LogP contribution is 2.36. The van der Waals surface area contributed by atoms with Gasteiger partial charge in [0.05, 0.1) is 12.0 Å². The first-order valence-electron chi connectivity index (χ1n) is 11.1. The van der Waals surface area contributed by atoms with Crippen LogP contribution in [0.1, 0.15) is 56.2 Å². The summed E-state index contributed by atoms with van der Waals surface area (Å²) < 4.78 is 38.9. The molecule has 0 aliphatic rings. The Morgan fingerprint density at radius 3 is 2.30 bits per heavy atom. The summed E-state index contributed by atoms with van der Waals surface area (Å²) in [6.07, 6.45) is -0.808. The number of carbonyl (C=O) groups excluding carboxylic acids is 2. The molecule has 0 bridgehead atoms. The van der Waals surface area contributed by atoms with Crippen molar-refractivity contribution in [3.05, 3.63) is 71.3 Å². The molecule has 0 fully saturated rings. The minimum absolute atomic E-state index is 0.0326. The maximum Gasteiger partial charge on any atom is 0.316 e. The number of rotatable bonds is 13. The number of hydrogen-bond acceptors (Lipinski definition) is 5. The van der Waals surface area contributed by atoms with Crippen LogP contribution in [0.15, 0.2) is 54.6 Å². The van der Waals surface area contributed by atoms with E-state index in [1.54, 1.807) is 32.0 Å². The molecule has 0 saturated carbocycles. The summed E-state index contributed by atoms with van der Waals surface area (Å²) in [5.41, 5.74) is 0.807. The Bertz CT molecular complexity index is 901. The van der Waals surface area contributed by atoms with E-state index in [4.69, 9.17) is 14.6 Å². The molecule has 0 saturated heterocycles. The average molecular weight is 463 g/mol. The third kappa shape index (κ3) is 8.24. The van der Waals surface area contributed by atoms with E-state index in [0.29, 0.717) is 18.6 Å². The summed E-state index contributed by atoms with van der Waals surface area (Å²) in [5, 5.41) is 8.94. The number of aliphatic hydroxyl groups excluding tert-OH is 1. The summed E-state index contributed by atoms with van der Waals surface area (Å²) >= 11 is 0. The summed E-state index contributed by atoms with van der Waals surface area (Å²) in [7, 11) is 0. The Labute approximate surface area is 193 Å². The van der Waals surface area contributed by atoms with Crippen molar-refractivity contribution in [2.24, 2.45) is 0 Å². The highest BCUT2D eigenvalue weighted by atomic mass is 19.3. The highest BCUT2D eigenvalue weighted by Gasteiger charge is 2.40. The number of hydrogen-bond donors (Lipinski definition) is 1. The molecule has 0 spiro atoms. The molecule has 33 heavy (non-hydrogen) atoms. The summed E-state index contributed by atoms with van der Waals surface area (Å²) in [6, 6.07) is 16.2. The van der Waals surface area contributed by atoms with Gasteiger partial charge in [-0.05, 0) is 43.4 Å². The van der Waals surface area contributed by atoms with Gasteiger partial charge < -0.3 is 14.6 Å². The lowest BCUT2D eigenvalue weighted by molar-refractivity contribution is -0.152. The zero-order valence-corrected chi connectivity index (χ0v) is 19.2. The number of carbonyl (C=O) groups is 2. The number of aryl methyl sites for hydroxylation is 1. The Morgan fingerprint density at radius 1 is 0.939 bits per heavy atom. The molecule has 0 heterocycles.